The van der Waals surface area contributed by atoms with Crippen LogP contribution in [-0.4, -0.2) is 36.2 Å². The minimum atomic E-state index is -0.184. The van der Waals surface area contributed by atoms with Gasteiger partial charge in [0.2, 0.25) is 5.91 Å². The van der Waals surface area contributed by atoms with Gasteiger partial charge in [0.1, 0.15) is 0 Å². The van der Waals surface area contributed by atoms with Crippen LogP contribution in [0.2, 0.25) is 0 Å². The molecule has 0 saturated carbocycles. The topological polar surface area (TPSA) is 61.4 Å². The predicted octanol–water partition coefficient (Wildman–Crippen LogP) is 0.653. The fourth-order valence-corrected chi connectivity index (χ4v) is 1.15. The second-order valence-corrected chi connectivity index (χ2v) is 4.41. The van der Waals surface area contributed by atoms with Gasteiger partial charge in [-0.15, -0.1) is 0 Å². The molecule has 4 heteroatoms. The SMILES string of the molecule is CCCCNC(=O)CNC(C)(C)CCO. The third-order valence-electron chi connectivity index (χ3n) is 2.32. The summed E-state index contributed by atoms with van der Waals surface area (Å²) in [6.45, 7) is 7.24. The van der Waals surface area contributed by atoms with Gasteiger partial charge in [-0.1, -0.05) is 13.3 Å². The van der Waals surface area contributed by atoms with Crippen molar-refractivity contribution < 1.29 is 9.90 Å². The van der Waals surface area contributed by atoms with Crippen LogP contribution >= 0.6 is 0 Å². The van der Waals surface area contributed by atoms with Crippen LogP contribution in [0.15, 0.2) is 0 Å². The third kappa shape index (κ3) is 8.39. The summed E-state index contributed by atoms with van der Waals surface area (Å²) < 4.78 is 0. The van der Waals surface area contributed by atoms with Gasteiger partial charge in [-0.05, 0) is 26.7 Å². The molecule has 0 spiro atoms. The Morgan fingerprint density at radius 2 is 2.07 bits per heavy atom. The fourth-order valence-electron chi connectivity index (χ4n) is 1.15. The van der Waals surface area contributed by atoms with Gasteiger partial charge in [-0.2, -0.15) is 0 Å². The van der Waals surface area contributed by atoms with Gasteiger partial charge >= 0.3 is 0 Å². The summed E-state index contributed by atoms with van der Waals surface area (Å²) in [6.07, 6.45) is 2.75. The fraction of sp³-hybridized carbons (Fsp3) is 0.909. The van der Waals surface area contributed by atoms with Crippen molar-refractivity contribution in [3.63, 3.8) is 0 Å². The number of hydrogen-bond donors (Lipinski definition) is 3. The van der Waals surface area contributed by atoms with Gasteiger partial charge in [0.25, 0.3) is 0 Å². The van der Waals surface area contributed by atoms with Crippen LogP contribution < -0.4 is 10.6 Å². The van der Waals surface area contributed by atoms with E-state index in [0.717, 1.165) is 19.4 Å². The summed E-state index contributed by atoms with van der Waals surface area (Å²) in [7, 11) is 0. The van der Waals surface area contributed by atoms with Crippen molar-refractivity contribution in [2.45, 2.75) is 45.6 Å². The molecule has 0 fully saturated rings. The summed E-state index contributed by atoms with van der Waals surface area (Å²) >= 11 is 0. The maximum Gasteiger partial charge on any atom is 0.233 e. The molecule has 0 bridgehead atoms. The van der Waals surface area contributed by atoms with E-state index in [-0.39, 0.29) is 18.1 Å². The Bertz CT molecular complexity index is 181. The molecule has 0 saturated heterocycles. The molecule has 0 radical (unpaired) electrons. The molecule has 0 heterocycles. The smallest absolute Gasteiger partial charge is 0.233 e. The minimum Gasteiger partial charge on any atom is -0.396 e. The molecular formula is C11H24N2O2. The highest BCUT2D eigenvalue weighted by Crippen LogP contribution is 2.05. The lowest BCUT2D eigenvalue weighted by molar-refractivity contribution is -0.120. The first-order valence-corrected chi connectivity index (χ1v) is 5.64. The first-order valence-electron chi connectivity index (χ1n) is 5.64. The average Bonchev–Trinajstić information content (AvgIpc) is 2.15. The monoisotopic (exact) mass is 216 g/mol. The predicted molar refractivity (Wildman–Crippen MR) is 61.7 cm³/mol. The minimum absolute atomic E-state index is 0.0227. The number of rotatable bonds is 8. The second-order valence-electron chi connectivity index (χ2n) is 4.41. The van der Waals surface area contributed by atoms with Crippen LogP contribution in [0.25, 0.3) is 0 Å². The zero-order valence-corrected chi connectivity index (χ0v) is 10.1. The molecular weight excluding hydrogens is 192 g/mol. The lowest BCUT2D eigenvalue weighted by atomic mass is 10.0. The van der Waals surface area contributed by atoms with E-state index < -0.39 is 0 Å². The second kappa shape index (κ2) is 7.65. The molecule has 0 atom stereocenters. The highest BCUT2D eigenvalue weighted by atomic mass is 16.3. The third-order valence-corrected chi connectivity index (χ3v) is 2.32. The summed E-state index contributed by atoms with van der Waals surface area (Å²) in [4.78, 5) is 11.3. The van der Waals surface area contributed by atoms with E-state index in [1.54, 1.807) is 0 Å². The summed E-state index contributed by atoms with van der Waals surface area (Å²) in [5.41, 5.74) is -0.184. The van der Waals surface area contributed by atoms with Crippen molar-refractivity contribution in [3.05, 3.63) is 0 Å². The standard InChI is InChI=1S/C11H24N2O2/c1-4-5-7-12-10(15)9-13-11(2,3)6-8-14/h13-14H,4-9H2,1-3H3,(H,12,15). The van der Waals surface area contributed by atoms with Crippen molar-refractivity contribution in [3.8, 4) is 0 Å². The molecule has 1 amide bonds. The van der Waals surface area contributed by atoms with Gasteiger partial charge < -0.3 is 15.7 Å². The van der Waals surface area contributed by atoms with Gasteiger partial charge in [0.05, 0.1) is 6.54 Å². The molecule has 0 rings (SSSR count). The van der Waals surface area contributed by atoms with Gasteiger partial charge in [-0.25, -0.2) is 0 Å². The molecule has 0 aromatic heterocycles. The number of carbonyl (C=O) groups is 1. The van der Waals surface area contributed by atoms with Crippen molar-refractivity contribution in [1.29, 1.82) is 0 Å². The maximum atomic E-state index is 11.3. The quantitative estimate of drug-likeness (QED) is 0.522. The number of amides is 1. The van der Waals surface area contributed by atoms with Crippen molar-refractivity contribution in [2.75, 3.05) is 19.7 Å². The largest absolute Gasteiger partial charge is 0.396 e. The van der Waals surface area contributed by atoms with Crippen LogP contribution in [0.3, 0.4) is 0 Å². The first kappa shape index (κ1) is 14.4. The lowest BCUT2D eigenvalue weighted by Gasteiger charge is -2.25. The van der Waals surface area contributed by atoms with Crippen molar-refractivity contribution >= 4 is 5.91 Å². The Balaban J connectivity index is 3.60. The van der Waals surface area contributed by atoms with Crippen LogP contribution in [0.1, 0.15) is 40.0 Å². The Morgan fingerprint density at radius 1 is 1.40 bits per heavy atom. The van der Waals surface area contributed by atoms with Gasteiger partial charge in [-0.3, -0.25) is 4.79 Å². The number of unbranched alkanes of at least 4 members (excludes halogenated alkanes) is 1. The number of aliphatic hydroxyl groups is 1. The number of aliphatic hydroxyl groups excluding tert-OH is 1. The zero-order chi connectivity index (χ0) is 11.7. The normalized spacial score (nSPS) is 11.5. The molecule has 0 aromatic carbocycles. The maximum absolute atomic E-state index is 11.3. The highest BCUT2D eigenvalue weighted by Gasteiger charge is 2.16. The first-order chi connectivity index (χ1) is 7.02. The number of carbonyl (C=O) groups excluding carboxylic acids is 1. The average molecular weight is 216 g/mol. The zero-order valence-electron chi connectivity index (χ0n) is 10.1. The van der Waals surface area contributed by atoms with Crippen molar-refractivity contribution in [1.82, 2.24) is 10.6 Å². The molecule has 3 N–H and O–H groups in total. The Hall–Kier alpha value is -0.610. The Morgan fingerprint density at radius 3 is 2.60 bits per heavy atom. The van der Waals surface area contributed by atoms with E-state index in [2.05, 4.69) is 17.6 Å². The van der Waals surface area contributed by atoms with Gasteiger partial charge in [0, 0.05) is 18.7 Å². The summed E-state index contributed by atoms with van der Waals surface area (Å²) in [5, 5.41) is 14.7. The lowest BCUT2D eigenvalue weighted by Crippen LogP contribution is -2.45. The van der Waals surface area contributed by atoms with E-state index in [4.69, 9.17) is 5.11 Å². The van der Waals surface area contributed by atoms with E-state index in [1.165, 1.54) is 0 Å². The number of nitrogens with one attached hydrogen (secondary N) is 2. The van der Waals surface area contributed by atoms with E-state index in [9.17, 15) is 4.79 Å². The van der Waals surface area contributed by atoms with Crippen LogP contribution in [0, 0.1) is 0 Å². The van der Waals surface area contributed by atoms with E-state index in [0.29, 0.717) is 13.0 Å². The molecule has 0 unspecified atom stereocenters. The molecule has 0 aliphatic heterocycles. The molecule has 90 valence electrons. The van der Waals surface area contributed by atoms with Crippen LogP contribution in [0.4, 0.5) is 0 Å². The molecule has 0 aromatic rings. The summed E-state index contributed by atoms with van der Waals surface area (Å²) in [5.74, 6) is 0.0227. The number of hydrogen-bond acceptors (Lipinski definition) is 3. The Kier molecular flexibility index (Phi) is 7.34. The molecule has 15 heavy (non-hydrogen) atoms. The van der Waals surface area contributed by atoms with Crippen LogP contribution in [-0.2, 0) is 4.79 Å². The molecule has 0 aliphatic rings. The highest BCUT2D eigenvalue weighted by molar-refractivity contribution is 5.78. The Labute approximate surface area is 92.4 Å². The van der Waals surface area contributed by atoms with Gasteiger partial charge in [0.15, 0.2) is 0 Å². The van der Waals surface area contributed by atoms with E-state index in [1.807, 2.05) is 13.8 Å². The van der Waals surface area contributed by atoms with E-state index >= 15 is 0 Å². The molecule has 0 aliphatic carbocycles. The van der Waals surface area contributed by atoms with Crippen LogP contribution in [0.5, 0.6) is 0 Å². The summed E-state index contributed by atoms with van der Waals surface area (Å²) in [6, 6.07) is 0. The molecule has 4 nitrogen and oxygen atoms in total. The van der Waals surface area contributed by atoms with Crippen molar-refractivity contribution in [2.24, 2.45) is 0 Å².